The van der Waals surface area contributed by atoms with Crippen molar-refractivity contribution in [2.75, 3.05) is 33.2 Å². The second kappa shape index (κ2) is 10.7. The lowest BCUT2D eigenvalue weighted by molar-refractivity contribution is 0.0954. The zero-order valence-corrected chi connectivity index (χ0v) is 17.4. The molecule has 2 aromatic rings. The molecule has 154 valence electrons. The molecular weight excluding hydrogens is 388 g/mol. The fraction of sp³-hybridized carbons (Fsp3) is 0.364. The number of guanidine groups is 1. The van der Waals surface area contributed by atoms with Crippen LogP contribution in [0.15, 0.2) is 59.6 Å². The van der Waals surface area contributed by atoms with Crippen LogP contribution in [0.1, 0.15) is 23.2 Å². The first-order valence-electron chi connectivity index (χ1n) is 9.87. The van der Waals surface area contributed by atoms with E-state index < -0.39 is 0 Å². The Labute approximate surface area is 176 Å². The molecule has 6 nitrogen and oxygen atoms in total. The molecular formula is C22H27ClN4O2. The molecule has 0 radical (unpaired) electrons. The Morgan fingerprint density at radius 1 is 1.07 bits per heavy atom. The van der Waals surface area contributed by atoms with Gasteiger partial charge in [-0.25, -0.2) is 0 Å². The third kappa shape index (κ3) is 6.12. The maximum absolute atomic E-state index is 12.2. The van der Waals surface area contributed by atoms with Crippen molar-refractivity contribution in [1.29, 1.82) is 0 Å². The van der Waals surface area contributed by atoms with Crippen LogP contribution in [0.4, 0.5) is 0 Å². The van der Waals surface area contributed by atoms with Crippen molar-refractivity contribution in [3.63, 3.8) is 0 Å². The summed E-state index contributed by atoms with van der Waals surface area (Å²) in [6, 6.07) is 17.0. The summed E-state index contributed by atoms with van der Waals surface area (Å²) in [5, 5.41) is 6.64. The molecule has 3 rings (SSSR count). The summed E-state index contributed by atoms with van der Waals surface area (Å²) < 4.78 is 6.05. The number of ether oxygens (including phenoxy) is 1. The van der Waals surface area contributed by atoms with Crippen LogP contribution in [0.2, 0.25) is 5.02 Å². The molecule has 0 aromatic heterocycles. The van der Waals surface area contributed by atoms with Crippen molar-refractivity contribution in [3.8, 4) is 5.75 Å². The van der Waals surface area contributed by atoms with E-state index >= 15 is 0 Å². The Balaban J connectivity index is 1.38. The second-order valence-electron chi connectivity index (χ2n) is 6.83. The second-order valence-corrected chi connectivity index (χ2v) is 7.23. The standard InChI is InChI=1S/C22H27ClN4O2/c1-24-22(26-14-13-25-21(28)19-9-5-6-10-20(19)23)27-15-11-18(12-16-27)29-17-7-3-2-4-8-17/h2-10,18H,11-16H2,1H3,(H,24,26)(H,25,28). The summed E-state index contributed by atoms with van der Waals surface area (Å²) in [5.41, 5.74) is 0.485. The van der Waals surface area contributed by atoms with E-state index in [0.717, 1.165) is 37.6 Å². The average molecular weight is 415 g/mol. The predicted octanol–water partition coefficient (Wildman–Crippen LogP) is 3.19. The van der Waals surface area contributed by atoms with Gasteiger partial charge in [0.05, 0.1) is 10.6 Å². The monoisotopic (exact) mass is 414 g/mol. The van der Waals surface area contributed by atoms with Crippen molar-refractivity contribution in [2.45, 2.75) is 18.9 Å². The van der Waals surface area contributed by atoms with Crippen LogP contribution in [0, 0.1) is 0 Å². The van der Waals surface area contributed by atoms with E-state index in [2.05, 4.69) is 20.5 Å². The lowest BCUT2D eigenvalue weighted by Gasteiger charge is -2.34. The Hall–Kier alpha value is -2.73. The first-order valence-corrected chi connectivity index (χ1v) is 10.2. The van der Waals surface area contributed by atoms with Crippen LogP contribution in [-0.4, -0.2) is 56.1 Å². The maximum atomic E-state index is 12.2. The Morgan fingerprint density at radius 3 is 2.41 bits per heavy atom. The highest BCUT2D eigenvalue weighted by Gasteiger charge is 2.22. The number of rotatable bonds is 6. The average Bonchev–Trinajstić information content (AvgIpc) is 2.75. The van der Waals surface area contributed by atoms with Gasteiger partial charge in [0.15, 0.2) is 5.96 Å². The van der Waals surface area contributed by atoms with Gasteiger partial charge in [0.2, 0.25) is 0 Å². The first-order chi connectivity index (χ1) is 14.2. The highest BCUT2D eigenvalue weighted by atomic mass is 35.5. The zero-order valence-electron chi connectivity index (χ0n) is 16.6. The van der Waals surface area contributed by atoms with Crippen molar-refractivity contribution >= 4 is 23.5 Å². The molecule has 29 heavy (non-hydrogen) atoms. The van der Waals surface area contributed by atoms with Crippen LogP contribution in [0.25, 0.3) is 0 Å². The third-order valence-corrected chi connectivity index (χ3v) is 5.14. The Bertz CT molecular complexity index is 821. The fourth-order valence-corrected chi connectivity index (χ4v) is 3.52. The SMILES string of the molecule is CN=C(NCCNC(=O)c1ccccc1Cl)N1CCC(Oc2ccccc2)CC1. The topological polar surface area (TPSA) is 66.0 Å². The van der Waals surface area contributed by atoms with E-state index in [-0.39, 0.29) is 12.0 Å². The number of aliphatic imine (C=N–C) groups is 1. The van der Waals surface area contributed by atoms with E-state index in [0.29, 0.717) is 23.7 Å². The van der Waals surface area contributed by atoms with Crippen LogP contribution in [0.3, 0.4) is 0 Å². The van der Waals surface area contributed by atoms with E-state index in [4.69, 9.17) is 16.3 Å². The van der Waals surface area contributed by atoms with Gasteiger partial charge in [0, 0.05) is 46.1 Å². The van der Waals surface area contributed by atoms with Gasteiger partial charge >= 0.3 is 0 Å². The molecule has 0 unspecified atom stereocenters. The van der Waals surface area contributed by atoms with Gasteiger partial charge < -0.3 is 20.3 Å². The predicted molar refractivity (Wildman–Crippen MR) is 117 cm³/mol. The molecule has 0 atom stereocenters. The number of para-hydroxylation sites is 1. The number of benzene rings is 2. The largest absolute Gasteiger partial charge is 0.490 e. The van der Waals surface area contributed by atoms with E-state index in [1.165, 1.54) is 0 Å². The molecule has 0 saturated carbocycles. The number of carbonyl (C=O) groups is 1. The molecule has 1 amide bonds. The molecule has 1 aliphatic rings. The van der Waals surface area contributed by atoms with Crippen molar-refractivity contribution in [2.24, 2.45) is 4.99 Å². The highest BCUT2D eigenvalue weighted by Crippen LogP contribution is 2.18. The molecule has 1 aliphatic heterocycles. The lowest BCUT2D eigenvalue weighted by atomic mass is 10.1. The van der Waals surface area contributed by atoms with Crippen LogP contribution in [-0.2, 0) is 0 Å². The molecule has 7 heteroatoms. The summed E-state index contributed by atoms with van der Waals surface area (Å²) in [6.07, 6.45) is 2.11. The van der Waals surface area contributed by atoms with Crippen molar-refractivity contribution in [3.05, 3.63) is 65.2 Å². The molecule has 2 N–H and O–H groups in total. The fourth-order valence-electron chi connectivity index (χ4n) is 3.30. The Morgan fingerprint density at radius 2 is 1.72 bits per heavy atom. The van der Waals surface area contributed by atoms with Gasteiger partial charge in [-0.1, -0.05) is 41.9 Å². The molecule has 0 spiro atoms. The van der Waals surface area contributed by atoms with Crippen LogP contribution < -0.4 is 15.4 Å². The molecule has 1 saturated heterocycles. The minimum Gasteiger partial charge on any atom is -0.490 e. The highest BCUT2D eigenvalue weighted by molar-refractivity contribution is 6.33. The number of hydrogen-bond acceptors (Lipinski definition) is 3. The molecule has 1 heterocycles. The molecule has 0 bridgehead atoms. The molecule has 2 aromatic carbocycles. The normalized spacial score (nSPS) is 15.1. The number of nitrogens with one attached hydrogen (secondary N) is 2. The number of carbonyl (C=O) groups excluding carboxylic acids is 1. The summed E-state index contributed by atoms with van der Waals surface area (Å²) in [6.45, 7) is 2.83. The summed E-state index contributed by atoms with van der Waals surface area (Å²) in [4.78, 5) is 18.8. The number of hydrogen-bond donors (Lipinski definition) is 2. The van der Waals surface area contributed by atoms with Crippen LogP contribution in [0.5, 0.6) is 5.75 Å². The maximum Gasteiger partial charge on any atom is 0.252 e. The van der Waals surface area contributed by atoms with Gasteiger partial charge in [-0.3, -0.25) is 9.79 Å². The van der Waals surface area contributed by atoms with E-state index in [9.17, 15) is 4.79 Å². The van der Waals surface area contributed by atoms with E-state index in [1.54, 1.807) is 31.3 Å². The first kappa shape index (κ1) is 21.0. The Kier molecular flexibility index (Phi) is 7.76. The summed E-state index contributed by atoms with van der Waals surface area (Å²) in [5.74, 6) is 1.59. The van der Waals surface area contributed by atoms with Crippen molar-refractivity contribution in [1.82, 2.24) is 15.5 Å². The number of likely N-dealkylation sites (tertiary alicyclic amines) is 1. The number of amides is 1. The number of halogens is 1. The third-order valence-electron chi connectivity index (χ3n) is 4.81. The smallest absolute Gasteiger partial charge is 0.252 e. The number of nitrogens with zero attached hydrogens (tertiary/aromatic N) is 2. The number of piperidine rings is 1. The summed E-state index contributed by atoms with van der Waals surface area (Å²) in [7, 11) is 1.78. The quantitative estimate of drug-likeness (QED) is 0.433. The van der Waals surface area contributed by atoms with Gasteiger partial charge in [0.25, 0.3) is 5.91 Å². The molecule has 0 aliphatic carbocycles. The minimum atomic E-state index is -0.175. The van der Waals surface area contributed by atoms with Gasteiger partial charge in [0.1, 0.15) is 11.9 Å². The lowest BCUT2D eigenvalue weighted by Crippen LogP contribution is -2.48. The van der Waals surface area contributed by atoms with Gasteiger partial charge in [-0.05, 0) is 24.3 Å². The van der Waals surface area contributed by atoms with E-state index in [1.807, 2.05) is 30.3 Å². The van der Waals surface area contributed by atoms with Gasteiger partial charge in [-0.15, -0.1) is 0 Å². The zero-order chi connectivity index (χ0) is 20.5. The van der Waals surface area contributed by atoms with Crippen LogP contribution >= 0.6 is 11.6 Å². The van der Waals surface area contributed by atoms with Crippen molar-refractivity contribution < 1.29 is 9.53 Å². The van der Waals surface area contributed by atoms with Gasteiger partial charge in [-0.2, -0.15) is 0 Å². The molecule has 1 fully saturated rings. The minimum absolute atomic E-state index is 0.175. The summed E-state index contributed by atoms with van der Waals surface area (Å²) >= 11 is 6.06.